The van der Waals surface area contributed by atoms with E-state index in [0.717, 1.165) is 56.4 Å². The average Bonchev–Trinajstić information content (AvgIpc) is 3.55. The Kier molecular flexibility index (Phi) is 4.63. The fourth-order valence-corrected chi connectivity index (χ4v) is 5.58. The van der Waals surface area contributed by atoms with Crippen LogP contribution in [-0.4, -0.2) is 38.7 Å². The maximum atomic E-state index is 13.5. The molecule has 0 saturated carbocycles. The summed E-state index contributed by atoms with van der Waals surface area (Å²) < 4.78 is 2.03. The van der Waals surface area contributed by atoms with Crippen molar-refractivity contribution in [3.8, 4) is 5.69 Å². The Labute approximate surface area is 188 Å². The first kappa shape index (κ1) is 19.4. The number of rotatable bonds is 3. The number of carbonyl (C=O) groups is 1. The van der Waals surface area contributed by atoms with Gasteiger partial charge < -0.3 is 9.88 Å². The maximum absolute atomic E-state index is 13.5. The van der Waals surface area contributed by atoms with E-state index in [-0.39, 0.29) is 5.91 Å². The molecule has 0 radical (unpaired) electrons. The van der Waals surface area contributed by atoms with Gasteiger partial charge in [-0.3, -0.25) is 4.79 Å². The lowest BCUT2D eigenvalue weighted by Gasteiger charge is -2.31. The van der Waals surface area contributed by atoms with Crippen molar-refractivity contribution < 1.29 is 4.79 Å². The van der Waals surface area contributed by atoms with Gasteiger partial charge in [-0.15, -0.1) is 0 Å². The molecule has 32 heavy (non-hydrogen) atoms. The number of piperidine rings is 1. The lowest BCUT2D eigenvalue weighted by Crippen LogP contribution is -2.38. The van der Waals surface area contributed by atoms with E-state index in [1.807, 2.05) is 21.7 Å². The van der Waals surface area contributed by atoms with Crippen molar-refractivity contribution in [1.29, 1.82) is 0 Å². The number of hydrogen-bond donors (Lipinski definition) is 1. The molecule has 0 spiro atoms. The van der Waals surface area contributed by atoms with E-state index in [4.69, 9.17) is 5.10 Å². The summed E-state index contributed by atoms with van der Waals surface area (Å²) in [5, 5.41) is 6.18. The third kappa shape index (κ3) is 3.07. The molecule has 1 fully saturated rings. The van der Waals surface area contributed by atoms with Gasteiger partial charge in [-0.2, -0.15) is 5.10 Å². The van der Waals surface area contributed by atoms with Gasteiger partial charge in [0.05, 0.1) is 5.69 Å². The van der Waals surface area contributed by atoms with Crippen molar-refractivity contribution in [3.05, 3.63) is 82.8 Å². The number of aromatic amines is 1. The summed E-state index contributed by atoms with van der Waals surface area (Å²) in [6.45, 7) is 3.68. The molecular formula is C27H28N4O. The molecule has 6 rings (SSSR count). The smallest absolute Gasteiger partial charge is 0.274 e. The second-order valence-corrected chi connectivity index (χ2v) is 9.18. The monoisotopic (exact) mass is 424 g/mol. The van der Waals surface area contributed by atoms with Gasteiger partial charge in [0.1, 0.15) is 0 Å². The summed E-state index contributed by atoms with van der Waals surface area (Å²) >= 11 is 0. The summed E-state index contributed by atoms with van der Waals surface area (Å²) in [6, 6.07) is 16.8. The molecule has 0 bridgehead atoms. The van der Waals surface area contributed by atoms with Crippen LogP contribution in [0.2, 0.25) is 0 Å². The van der Waals surface area contributed by atoms with Gasteiger partial charge in [-0.25, -0.2) is 4.68 Å². The van der Waals surface area contributed by atoms with Crippen LogP contribution in [0.15, 0.2) is 54.7 Å². The van der Waals surface area contributed by atoms with Crippen LogP contribution in [0.1, 0.15) is 58.1 Å². The normalized spacial score (nSPS) is 16.6. The number of fused-ring (bicyclic) bond motifs is 2. The maximum Gasteiger partial charge on any atom is 0.274 e. The first-order chi connectivity index (χ1) is 15.7. The molecule has 4 aromatic rings. The lowest BCUT2D eigenvalue weighted by molar-refractivity contribution is 0.0705. The van der Waals surface area contributed by atoms with E-state index in [9.17, 15) is 4.79 Å². The van der Waals surface area contributed by atoms with Crippen LogP contribution in [-0.2, 0) is 12.8 Å². The molecule has 1 aliphatic carbocycles. The zero-order chi connectivity index (χ0) is 21.7. The fourth-order valence-electron chi connectivity index (χ4n) is 5.58. The molecule has 1 N–H and O–H groups in total. The van der Waals surface area contributed by atoms with Crippen molar-refractivity contribution in [2.45, 2.75) is 44.9 Å². The highest BCUT2D eigenvalue weighted by Gasteiger charge is 2.32. The number of nitrogens with one attached hydrogen (secondary N) is 1. The van der Waals surface area contributed by atoms with Gasteiger partial charge in [-0.1, -0.05) is 36.4 Å². The van der Waals surface area contributed by atoms with Gasteiger partial charge >= 0.3 is 0 Å². The number of nitrogens with zero attached hydrogens (tertiary/aromatic N) is 3. The molecular weight excluding hydrogens is 396 g/mol. The van der Waals surface area contributed by atoms with E-state index < -0.39 is 0 Å². The van der Waals surface area contributed by atoms with Gasteiger partial charge in [0.2, 0.25) is 0 Å². The summed E-state index contributed by atoms with van der Waals surface area (Å²) in [5.74, 6) is 0.596. The number of H-pyrrole nitrogens is 1. The molecule has 2 aliphatic rings. The van der Waals surface area contributed by atoms with Crippen LogP contribution in [0.25, 0.3) is 16.6 Å². The third-order valence-electron chi connectivity index (χ3n) is 7.32. The number of hydrogen-bond acceptors (Lipinski definition) is 2. The van der Waals surface area contributed by atoms with E-state index in [1.54, 1.807) is 0 Å². The molecule has 5 heteroatoms. The lowest BCUT2D eigenvalue weighted by atomic mass is 9.89. The van der Waals surface area contributed by atoms with Gasteiger partial charge in [0, 0.05) is 41.4 Å². The van der Waals surface area contributed by atoms with Crippen LogP contribution in [0.4, 0.5) is 0 Å². The second kappa shape index (κ2) is 7.66. The van der Waals surface area contributed by atoms with Crippen LogP contribution in [0, 0.1) is 6.92 Å². The number of aryl methyl sites for hydroxylation is 1. The van der Waals surface area contributed by atoms with Crippen LogP contribution in [0.3, 0.4) is 0 Å². The Bertz CT molecular complexity index is 1310. The van der Waals surface area contributed by atoms with Crippen molar-refractivity contribution in [3.63, 3.8) is 0 Å². The molecule has 2 aromatic carbocycles. The van der Waals surface area contributed by atoms with Crippen molar-refractivity contribution in [2.24, 2.45) is 0 Å². The predicted molar refractivity (Wildman–Crippen MR) is 127 cm³/mol. The van der Waals surface area contributed by atoms with E-state index in [1.165, 1.54) is 27.7 Å². The van der Waals surface area contributed by atoms with E-state index in [0.29, 0.717) is 11.6 Å². The van der Waals surface area contributed by atoms with Crippen molar-refractivity contribution in [2.75, 3.05) is 13.1 Å². The van der Waals surface area contributed by atoms with Gasteiger partial charge in [-0.05, 0) is 68.2 Å². The second-order valence-electron chi connectivity index (χ2n) is 9.18. The molecule has 3 heterocycles. The molecule has 0 unspecified atom stereocenters. The minimum Gasteiger partial charge on any atom is -0.361 e. The Morgan fingerprint density at radius 3 is 2.66 bits per heavy atom. The third-order valence-corrected chi connectivity index (χ3v) is 7.32. The van der Waals surface area contributed by atoms with E-state index in [2.05, 4.69) is 54.5 Å². The molecule has 1 aliphatic heterocycles. The number of para-hydroxylation sites is 2. The van der Waals surface area contributed by atoms with Crippen LogP contribution >= 0.6 is 0 Å². The summed E-state index contributed by atoms with van der Waals surface area (Å²) in [7, 11) is 0. The highest BCUT2D eigenvalue weighted by atomic mass is 16.2. The van der Waals surface area contributed by atoms with E-state index >= 15 is 0 Å². The highest BCUT2D eigenvalue weighted by molar-refractivity contribution is 5.94. The first-order valence-corrected chi connectivity index (χ1v) is 11.7. The largest absolute Gasteiger partial charge is 0.361 e. The molecule has 5 nitrogen and oxygen atoms in total. The predicted octanol–water partition coefficient (Wildman–Crippen LogP) is 5.17. The standard InChI is InChI=1S/C27H28N4O/c1-18-7-2-5-11-24(18)31-25-12-6-9-21(25)26(29-31)27(32)30-15-13-19(14-16-30)22-17-28-23-10-4-3-8-20(22)23/h2-5,7-8,10-11,17,19,28H,6,9,12-16H2,1H3. The number of likely N-dealkylation sites (tertiary alicyclic amines) is 1. The Balaban J connectivity index is 1.24. The minimum atomic E-state index is 0.105. The Morgan fingerprint density at radius 2 is 1.81 bits per heavy atom. The number of aromatic nitrogens is 3. The zero-order valence-electron chi connectivity index (χ0n) is 18.5. The Hall–Kier alpha value is -3.34. The molecule has 162 valence electrons. The first-order valence-electron chi connectivity index (χ1n) is 11.7. The average molecular weight is 425 g/mol. The zero-order valence-corrected chi connectivity index (χ0v) is 18.5. The molecule has 2 aromatic heterocycles. The Morgan fingerprint density at radius 1 is 1.03 bits per heavy atom. The van der Waals surface area contributed by atoms with Gasteiger partial charge in [0.15, 0.2) is 5.69 Å². The van der Waals surface area contributed by atoms with Crippen molar-refractivity contribution >= 4 is 16.8 Å². The summed E-state index contributed by atoms with van der Waals surface area (Å²) in [6.07, 6.45) is 7.19. The van der Waals surface area contributed by atoms with Crippen LogP contribution < -0.4 is 0 Å². The van der Waals surface area contributed by atoms with Crippen LogP contribution in [0.5, 0.6) is 0 Å². The number of benzene rings is 2. The van der Waals surface area contributed by atoms with Gasteiger partial charge in [0.25, 0.3) is 5.91 Å². The minimum absolute atomic E-state index is 0.105. The fraction of sp³-hybridized carbons (Fsp3) is 0.333. The topological polar surface area (TPSA) is 53.9 Å². The molecule has 1 amide bonds. The quantitative estimate of drug-likeness (QED) is 0.493. The highest BCUT2D eigenvalue weighted by Crippen LogP contribution is 2.35. The summed E-state index contributed by atoms with van der Waals surface area (Å²) in [5.41, 5.74) is 7.90. The number of carbonyl (C=O) groups excluding carboxylic acids is 1. The molecule has 1 saturated heterocycles. The number of amides is 1. The molecule has 0 atom stereocenters. The summed E-state index contributed by atoms with van der Waals surface area (Å²) in [4.78, 5) is 19.0. The SMILES string of the molecule is Cc1ccccc1-n1nc(C(=O)N2CCC(c3c[nH]c4ccccc34)CC2)c2c1CCC2. The van der Waals surface area contributed by atoms with Crippen molar-refractivity contribution in [1.82, 2.24) is 19.7 Å².